The SMILES string of the molecule is Cc1ccc(/C(C#N)=C/c2ccc(OCc3ccc(Cl)cc3Cl)cc2)cc1. The molecule has 0 atom stereocenters. The van der Waals surface area contributed by atoms with E-state index in [1.165, 1.54) is 5.56 Å². The van der Waals surface area contributed by atoms with Crippen molar-refractivity contribution < 1.29 is 4.74 Å². The average Bonchev–Trinajstić information content (AvgIpc) is 2.67. The van der Waals surface area contributed by atoms with Gasteiger partial charge < -0.3 is 4.74 Å². The molecular formula is C23H17Cl2NO. The highest BCUT2D eigenvalue weighted by molar-refractivity contribution is 6.35. The van der Waals surface area contributed by atoms with Crippen LogP contribution in [0.5, 0.6) is 5.75 Å². The Balaban J connectivity index is 1.71. The van der Waals surface area contributed by atoms with Crippen molar-refractivity contribution in [3.8, 4) is 11.8 Å². The number of aryl methyl sites for hydroxylation is 1. The van der Waals surface area contributed by atoms with Gasteiger partial charge in [-0.25, -0.2) is 0 Å². The minimum Gasteiger partial charge on any atom is -0.489 e. The summed E-state index contributed by atoms with van der Waals surface area (Å²) in [5.74, 6) is 0.729. The van der Waals surface area contributed by atoms with Gasteiger partial charge in [0, 0.05) is 15.6 Å². The van der Waals surface area contributed by atoms with Gasteiger partial charge in [-0.1, -0.05) is 71.2 Å². The molecule has 3 rings (SSSR count). The van der Waals surface area contributed by atoms with Crippen LogP contribution in [0.15, 0.2) is 66.7 Å². The standard InChI is InChI=1S/C23H17Cl2NO/c1-16-2-6-18(7-3-16)20(14-26)12-17-4-10-22(11-5-17)27-15-19-8-9-21(24)13-23(19)25/h2-13H,15H2,1H3/b20-12+. The molecule has 2 nitrogen and oxygen atoms in total. The second kappa shape index (κ2) is 8.77. The van der Waals surface area contributed by atoms with E-state index in [4.69, 9.17) is 27.9 Å². The molecule has 0 aromatic heterocycles. The maximum atomic E-state index is 9.46. The van der Waals surface area contributed by atoms with Gasteiger partial charge in [0.05, 0.1) is 11.6 Å². The van der Waals surface area contributed by atoms with Crippen LogP contribution in [-0.2, 0) is 6.61 Å². The lowest BCUT2D eigenvalue weighted by atomic mass is 10.0. The van der Waals surface area contributed by atoms with Gasteiger partial charge in [0.15, 0.2) is 0 Å². The van der Waals surface area contributed by atoms with Crippen LogP contribution >= 0.6 is 23.2 Å². The van der Waals surface area contributed by atoms with Gasteiger partial charge in [0.2, 0.25) is 0 Å². The van der Waals surface area contributed by atoms with Crippen molar-refractivity contribution in [2.24, 2.45) is 0 Å². The summed E-state index contributed by atoms with van der Waals surface area (Å²) in [5.41, 5.74) is 4.50. The van der Waals surface area contributed by atoms with E-state index in [2.05, 4.69) is 6.07 Å². The summed E-state index contributed by atoms with van der Waals surface area (Å²) >= 11 is 12.1. The molecule has 3 aromatic rings. The highest BCUT2D eigenvalue weighted by atomic mass is 35.5. The second-order valence-corrected chi connectivity index (χ2v) is 6.97. The third kappa shape index (κ3) is 5.14. The summed E-state index contributed by atoms with van der Waals surface area (Å²) in [5, 5.41) is 10.6. The van der Waals surface area contributed by atoms with E-state index in [9.17, 15) is 5.26 Å². The number of ether oxygens (including phenoxy) is 1. The zero-order chi connectivity index (χ0) is 19.2. The van der Waals surface area contributed by atoms with E-state index in [-0.39, 0.29) is 0 Å². The van der Waals surface area contributed by atoms with Crippen LogP contribution in [0.3, 0.4) is 0 Å². The Morgan fingerprint density at radius 3 is 2.33 bits per heavy atom. The summed E-state index contributed by atoms with van der Waals surface area (Å²) in [4.78, 5) is 0. The van der Waals surface area contributed by atoms with Gasteiger partial charge in [-0.2, -0.15) is 5.26 Å². The van der Waals surface area contributed by atoms with E-state index >= 15 is 0 Å². The normalized spacial score (nSPS) is 11.1. The fourth-order valence-corrected chi connectivity index (χ4v) is 3.00. The summed E-state index contributed by atoms with van der Waals surface area (Å²) in [6.07, 6.45) is 1.87. The van der Waals surface area contributed by atoms with Crippen LogP contribution in [-0.4, -0.2) is 0 Å². The Bertz CT molecular complexity index is 1000. The Morgan fingerprint density at radius 2 is 1.70 bits per heavy atom. The van der Waals surface area contributed by atoms with Crippen LogP contribution < -0.4 is 4.74 Å². The van der Waals surface area contributed by atoms with Gasteiger partial charge in [0.1, 0.15) is 12.4 Å². The van der Waals surface area contributed by atoms with Gasteiger partial charge in [0.25, 0.3) is 0 Å². The number of rotatable bonds is 5. The highest BCUT2D eigenvalue weighted by Gasteiger charge is 2.04. The Kier molecular flexibility index (Phi) is 6.19. The molecule has 4 heteroatoms. The number of halogens is 2. The largest absolute Gasteiger partial charge is 0.489 e. The molecule has 27 heavy (non-hydrogen) atoms. The molecule has 0 bridgehead atoms. The first-order valence-corrected chi connectivity index (χ1v) is 9.16. The first-order chi connectivity index (χ1) is 13.0. The van der Waals surface area contributed by atoms with Crippen molar-refractivity contribution in [3.05, 3.63) is 99.0 Å². The predicted octanol–water partition coefficient (Wildman–Crippen LogP) is 6.95. The molecule has 0 unspecified atom stereocenters. The summed E-state index contributed by atoms with van der Waals surface area (Å²) in [6.45, 7) is 2.38. The van der Waals surface area contributed by atoms with E-state index in [0.29, 0.717) is 22.2 Å². The monoisotopic (exact) mass is 393 g/mol. The second-order valence-electron chi connectivity index (χ2n) is 6.13. The zero-order valence-corrected chi connectivity index (χ0v) is 16.3. The average molecular weight is 394 g/mol. The number of allylic oxidation sites excluding steroid dienone is 1. The van der Waals surface area contributed by atoms with Crippen molar-refractivity contribution in [3.63, 3.8) is 0 Å². The number of nitriles is 1. The molecule has 0 fully saturated rings. The maximum Gasteiger partial charge on any atom is 0.119 e. The molecule has 0 aliphatic carbocycles. The maximum absolute atomic E-state index is 9.46. The minimum atomic E-state index is 0.359. The fraction of sp³-hybridized carbons (Fsp3) is 0.0870. The molecule has 134 valence electrons. The molecule has 0 heterocycles. The first kappa shape index (κ1) is 19.0. The van der Waals surface area contributed by atoms with E-state index in [0.717, 1.165) is 22.4 Å². The Hall–Kier alpha value is -2.73. The van der Waals surface area contributed by atoms with Crippen molar-refractivity contribution in [1.82, 2.24) is 0 Å². The van der Waals surface area contributed by atoms with Crippen molar-refractivity contribution in [2.75, 3.05) is 0 Å². The predicted molar refractivity (Wildman–Crippen MR) is 112 cm³/mol. The molecular weight excluding hydrogens is 377 g/mol. The lowest BCUT2D eigenvalue weighted by Crippen LogP contribution is -1.96. The molecule has 0 spiro atoms. The van der Waals surface area contributed by atoms with Gasteiger partial charge in [-0.3, -0.25) is 0 Å². The Morgan fingerprint density at radius 1 is 1.00 bits per heavy atom. The lowest BCUT2D eigenvalue weighted by Gasteiger charge is -2.08. The van der Waals surface area contributed by atoms with Gasteiger partial charge >= 0.3 is 0 Å². The molecule has 0 aliphatic rings. The zero-order valence-electron chi connectivity index (χ0n) is 14.7. The van der Waals surface area contributed by atoms with Crippen LogP contribution in [0.4, 0.5) is 0 Å². The molecule has 0 N–H and O–H groups in total. The summed E-state index contributed by atoms with van der Waals surface area (Å²) in [6, 6.07) is 23.1. The molecule has 0 amide bonds. The first-order valence-electron chi connectivity index (χ1n) is 8.41. The van der Waals surface area contributed by atoms with Gasteiger partial charge in [-0.05, 0) is 48.4 Å². The number of hydrogen-bond acceptors (Lipinski definition) is 2. The third-order valence-electron chi connectivity index (χ3n) is 4.08. The summed E-state index contributed by atoms with van der Waals surface area (Å²) in [7, 11) is 0. The topological polar surface area (TPSA) is 33.0 Å². The highest BCUT2D eigenvalue weighted by Crippen LogP contribution is 2.24. The van der Waals surface area contributed by atoms with Crippen molar-refractivity contribution in [2.45, 2.75) is 13.5 Å². The number of nitrogens with zero attached hydrogens (tertiary/aromatic N) is 1. The van der Waals surface area contributed by atoms with Crippen LogP contribution in [0.25, 0.3) is 11.6 Å². The molecule has 0 radical (unpaired) electrons. The van der Waals surface area contributed by atoms with Crippen molar-refractivity contribution >= 4 is 34.9 Å². The molecule has 0 saturated carbocycles. The molecule has 3 aromatic carbocycles. The fourth-order valence-electron chi connectivity index (χ4n) is 2.54. The smallest absolute Gasteiger partial charge is 0.119 e. The summed E-state index contributed by atoms with van der Waals surface area (Å²) < 4.78 is 5.78. The lowest BCUT2D eigenvalue weighted by molar-refractivity contribution is 0.306. The van der Waals surface area contributed by atoms with Gasteiger partial charge in [-0.15, -0.1) is 0 Å². The van der Waals surface area contributed by atoms with E-state index < -0.39 is 0 Å². The third-order valence-corrected chi connectivity index (χ3v) is 4.67. The van der Waals surface area contributed by atoms with Crippen LogP contribution in [0.2, 0.25) is 10.0 Å². The van der Waals surface area contributed by atoms with Crippen LogP contribution in [0.1, 0.15) is 22.3 Å². The molecule has 0 aliphatic heterocycles. The molecule has 0 saturated heterocycles. The number of benzene rings is 3. The van der Waals surface area contributed by atoms with Crippen molar-refractivity contribution in [1.29, 1.82) is 5.26 Å². The van der Waals surface area contributed by atoms with Crippen LogP contribution in [0, 0.1) is 18.3 Å². The quantitative estimate of drug-likeness (QED) is 0.347. The number of hydrogen-bond donors (Lipinski definition) is 0. The van der Waals surface area contributed by atoms with E-state index in [1.54, 1.807) is 12.1 Å². The van der Waals surface area contributed by atoms with E-state index in [1.807, 2.05) is 67.6 Å². The minimum absolute atomic E-state index is 0.359. The Labute approximate surface area is 169 Å².